The van der Waals surface area contributed by atoms with Gasteiger partial charge in [0.2, 0.25) is 5.69 Å². The van der Waals surface area contributed by atoms with Crippen LogP contribution in [0.1, 0.15) is 35.8 Å². The fraction of sp³-hybridized carbons (Fsp3) is 0.167. The fourth-order valence-electron chi connectivity index (χ4n) is 2.81. The average molecular weight is 348 g/mol. The van der Waals surface area contributed by atoms with Crippen molar-refractivity contribution in [1.29, 1.82) is 0 Å². The second-order valence-electron chi connectivity index (χ2n) is 6.24. The van der Waals surface area contributed by atoms with Crippen LogP contribution in [0, 0.1) is 0 Å². The summed E-state index contributed by atoms with van der Waals surface area (Å²) in [7, 11) is 0. The molecule has 0 spiro atoms. The van der Waals surface area contributed by atoms with Crippen molar-refractivity contribution in [3.05, 3.63) is 54.0 Å². The van der Waals surface area contributed by atoms with E-state index in [1.54, 1.807) is 18.5 Å². The monoisotopic (exact) mass is 348 g/mol. The third-order valence-electron chi connectivity index (χ3n) is 4.17. The Hall–Kier alpha value is -3.55. The zero-order chi connectivity index (χ0) is 18.3. The Kier molecular flexibility index (Phi) is 3.72. The number of carbonyl (C=O) groups is 1. The Morgan fingerprint density at radius 2 is 2.12 bits per heavy atom. The molecule has 0 saturated heterocycles. The number of pyridine rings is 1. The molecule has 130 valence electrons. The summed E-state index contributed by atoms with van der Waals surface area (Å²) in [5.74, 6) is -0.255. The standard InChI is InChI=1S/C18H16N6O2/c1-10(2)11-4-3-5-12(8-11)20-16-13-6-7-19-9-14(13)24-17(21-16)15(18(25)26)22-23-24/h3-10H,1-2H3,(H,20,21)(H,25,26). The topological polar surface area (TPSA) is 105 Å². The van der Waals surface area contributed by atoms with Crippen molar-refractivity contribution in [2.24, 2.45) is 0 Å². The molecule has 26 heavy (non-hydrogen) atoms. The number of aromatic carboxylic acids is 1. The number of carboxylic acid groups (broad SMARTS) is 1. The molecular weight excluding hydrogens is 332 g/mol. The van der Waals surface area contributed by atoms with Gasteiger partial charge in [-0.15, -0.1) is 5.10 Å². The van der Waals surface area contributed by atoms with Crippen LogP contribution in [0.25, 0.3) is 16.6 Å². The molecule has 3 heterocycles. The smallest absolute Gasteiger partial charge is 0.360 e. The molecule has 2 N–H and O–H groups in total. The van der Waals surface area contributed by atoms with Crippen molar-refractivity contribution in [1.82, 2.24) is 24.8 Å². The zero-order valence-electron chi connectivity index (χ0n) is 14.2. The molecule has 4 rings (SSSR count). The van der Waals surface area contributed by atoms with Gasteiger partial charge in [0.05, 0.1) is 11.7 Å². The molecule has 1 aromatic carbocycles. The van der Waals surface area contributed by atoms with Gasteiger partial charge >= 0.3 is 5.97 Å². The molecule has 0 unspecified atom stereocenters. The summed E-state index contributed by atoms with van der Waals surface area (Å²) in [6.07, 6.45) is 3.26. The van der Waals surface area contributed by atoms with E-state index in [0.29, 0.717) is 17.3 Å². The second kappa shape index (κ2) is 6.07. The van der Waals surface area contributed by atoms with E-state index in [0.717, 1.165) is 11.1 Å². The highest BCUT2D eigenvalue weighted by Gasteiger charge is 2.19. The van der Waals surface area contributed by atoms with Gasteiger partial charge in [0.25, 0.3) is 0 Å². The number of carboxylic acids is 1. The summed E-state index contributed by atoms with van der Waals surface area (Å²) in [5, 5.41) is 21.0. The van der Waals surface area contributed by atoms with E-state index >= 15 is 0 Å². The summed E-state index contributed by atoms with van der Waals surface area (Å²) in [6.45, 7) is 4.25. The first-order valence-corrected chi connectivity index (χ1v) is 8.14. The van der Waals surface area contributed by atoms with E-state index in [1.807, 2.05) is 12.1 Å². The van der Waals surface area contributed by atoms with E-state index in [1.165, 1.54) is 10.1 Å². The Labute approximate surface area is 148 Å². The third kappa shape index (κ3) is 2.61. The van der Waals surface area contributed by atoms with Crippen LogP contribution in [0.2, 0.25) is 0 Å². The Balaban J connectivity index is 1.91. The molecule has 4 aromatic rings. The number of aromatic nitrogens is 5. The van der Waals surface area contributed by atoms with Crippen LogP contribution in [0.15, 0.2) is 42.7 Å². The van der Waals surface area contributed by atoms with E-state index < -0.39 is 5.97 Å². The highest BCUT2D eigenvalue weighted by Crippen LogP contribution is 2.27. The maximum atomic E-state index is 11.4. The molecule has 8 heteroatoms. The first kappa shape index (κ1) is 15.9. The first-order chi connectivity index (χ1) is 12.5. The van der Waals surface area contributed by atoms with Gasteiger partial charge in [0, 0.05) is 17.3 Å². The lowest BCUT2D eigenvalue weighted by Crippen LogP contribution is -2.04. The largest absolute Gasteiger partial charge is 0.476 e. The van der Waals surface area contributed by atoms with Crippen molar-refractivity contribution in [2.45, 2.75) is 19.8 Å². The van der Waals surface area contributed by atoms with Crippen LogP contribution in [0.5, 0.6) is 0 Å². The first-order valence-electron chi connectivity index (χ1n) is 8.14. The van der Waals surface area contributed by atoms with Gasteiger partial charge < -0.3 is 10.4 Å². The van der Waals surface area contributed by atoms with Crippen LogP contribution in [0.4, 0.5) is 11.5 Å². The lowest BCUT2D eigenvalue weighted by molar-refractivity contribution is 0.0692. The molecule has 0 aliphatic heterocycles. The maximum Gasteiger partial charge on any atom is 0.360 e. The lowest BCUT2D eigenvalue weighted by atomic mass is 10.0. The molecular formula is C18H16N6O2. The van der Waals surface area contributed by atoms with Crippen molar-refractivity contribution < 1.29 is 9.90 Å². The van der Waals surface area contributed by atoms with E-state index in [2.05, 4.69) is 51.6 Å². The minimum Gasteiger partial charge on any atom is -0.476 e. The normalized spacial score (nSPS) is 11.3. The average Bonchev–Trinajstić information content (AvgIpc) is 3.06. The number of hydrogen-bond donors (Lipinski definition) is 2. The molecule has 0 saturated carbocycles. The summed E-state index contributed by atoms with van der Waals surface area (Å²) < 4.78 is 1.39. The highest BCUT2D eigenvalue weighted by molar-refractivity contribution is 5.97. The van der Waals surface area contributed by atoms with E-state index in [4.69, 9.17) is 0 Å². The summed E-state index contributed by atoms with van der Waals surface area (Å²) in [6, 6.07) is 9.84. The number of hydrogen-bond acceptors (Lipinski definition) is 6. The summed E-state index contributed by atoms with van der Waals surface area (Å²) in [5.41, 5.74) is 2.66. The molecule has 0 aliphatic carbocycles. The molecule has 8 nitrogen and oxygen atoms in total. The van der Waals surface area contributed by atoms with Crippen LogP contribution in [-0.4, -0.2) is 35.9 Å². The van der Waals surface area contributed by atoms with Gasteiger partial charge in [-0.25, -0.2) is 9.78 Å². The number of benzene rings is 1. The van der Waals surface area contributed by atoms with Gasteiger partial charge in [-0.05, 0) is 29.7 Å². The van der Waals surface area contributed by atoms with Crippen molar-refractivity contribution >= 4 is 34.0 Å². The second-order valence-corrected chi connectivity index (χ2v) is 6.24. The van der Waals surface area contributed by atoms with E-state index in [9.17, 15) is 9.90 Å². The van der Waals surface area contributed by atoms with Crippen molar-refractivity contribution in [3.63, 3.8) is 0 Å². The van der Waals surface area contributed by atoms with Gasteiger partial charge in [-0.3, -0.25) is 4.98 Å². The quantitative estimate of drug-likeness (QED) is 0.583. The lowest BCUT2D eigenvalue weighted by Gasteiger charge is -2.12. The number of nitrogens with one attached hydrogen (secondary N) is 1. The van der Waals surface area contributed by atoms with Gasteiger partial charge in [-0.1, -0.05) is 31.2 Å². The SMILES string of the molecule is CC(C)c1cccc(Nc2nc3c(C(=O)O)nnn3c3cnccc23)c1. The Morgan fingerprint density at radius 1 is 1.27 bits per heavy atom. The number of rotatable bonds is 4. The van der Waals surface area contributed by atoms with E-state index in [-0.39, 0.29) is 11.3 Å². The zero-order valence-corrected chi connectivity index (χ0v) is 14.2. The van der Waals surface area contributed by atoms with Crippen LogP contribution in [-0.2, 0) is 0 Å². The molecule has 3 aromatic heterocycles. The Bertz CT molecular complexity index is 1140. The molecule has 0 amide bonds. The Morgan fingerprint density at radius 3 is 2.88 bits per heavy atom. The minimum absolute atomic E-state index is 0.167. The molecule has 0 aliphatic rings. The van der Waals surface area contributed by atoms with Gasteiger partial charge in [0.15, 0.2) is 5.65 Å². The number of fused-ring (bicyclic) bond motifs is 3. The predicted molar refractivity (Wildman–Crippen MR) is 96.9 cm³/mol. The van der Waals surface area contributed by atoms with Crippen LogP contribution in [0.3, 0.4) is 0 Å². The highest BCUT2D eigenvalue weighted by atomic mass is 16.4. The van der Waals surface area contributed by atoms with Crippen molar-refractivity contribution in [2.75, 3.05) is 5.32 Å². The molecule has 0 radical (unpaired) electrons. The number of anilines is 2. The summed E-state index contributed by atoms with van der Waals surface area (Å²) >= 11 is 0. The van der Waals surface area contributed by atoms with Gasteiger partial charge in [0.1, 0.15) is 5.82 Å². The fourth-order valence-corrected chi connectivity index (χ4v) is 2.81. The molecule has 0 fully saturated rings. The summed E-state index contributed by atoms with van der Waals surface area (Å²) in [4.78, 5) is 20.0. The number of nitrogens with zero attached hydrogens (tertiary/aromatic N) is 5. The minimum atomic E-state index is -1.18. The van der Waals surface area contributed by atoms with Crippen LogP contribution < -0.4 is 5.32 Å². The maximum absolute atomic E-state index is 11.4. The molecule has 0 atom stereocenters. The van der Waals surface area contributed by atoms with Gasteiger partial charge in [-0.2, -0.15) is 4.52 Å². The van der Waals surface area contributed by atoms with Crippen LogP contribution >= 0.6 is 0 Å². The third-order valence-corrected chi connectivity index (χ3v) is 4.17. The van der Waals surface area contributed by atoms with Crippen molar-refractivity contribution in [3.8, 4) is 0 Å². The predicted octanol–water partition coefficient (Wildman–Crippen LogP) is 3.24. The molecule has 0 bridgehead atoms.